The highest BCUT2D eigenvalue weighted by Gasteiger charge is 2.12. The first-order valence-electron chi connectivity index (χ1n) is 8.14. The second-order valence-electron chi connectivity index (χ2n) is 5.95. The zero-order valence-corrected chi connectivity index (χ0v) is 14.7. The maximum absolute atomic E-state index is 12.2. The summed E-state index contributed by atoms with van der Waals surface area (Å²) < 4.78 is 5.37. The minimum absolute atomic E-state index is 0.00757. The topological polar surface area (TPSA) is 44.8 Å². The first-order valence-corrected chi connectivity index (χ1v) is 9.02. The van der Waals surface area contributed by atoms with Gasteiger partial charge in [-0.3, -0.25) is 9.69 Å². The lowest BCUT2D eigenvalue weighted by molar-refractivity contribution is -0.117. The number of hydrogen-bond donors (Lipinski definition) is 1. The summed E-state index contributed by atoms with van der Waals surface area (Å²) in [6.07, 6.45) is 0. The van der Waals surface area contributed by atoms with Crippen molar-refractivity contribution in [1.82, 2.24) is 4.90 Å². The van der Waals surface area contributed by atoms with Gasteiger partial charge in [0.2, 0.25) is 5.91 Å². The zero-order valence-electron chi connectivity index (χ0n) is 13.9. The van der Waals surface area contributed by atoms with Crippen LogP contribution in [-0.4, -0.2) is 50.7 Å². The van der Waals surface area contributed by atoms with Gasteiger partial charge < -0.3 is 15.0 Å². The average molecular weight is 345 g/mol. The average Bonchev–Trinajstić information content (AvgIpc) is 3.09. The number of nitrogens with one attached hydrogen (secondary N) is 1. The normalized spacial score (nSPS) is 14.8. The van der Waals surface area contributed by atoms with Crippen LogP contribution >= 0.6 is 11.3 Å². The Hall–Kier alpha value is -1.89. The van der Waals surface area contributed by atoms with E-state index in [1.807, 2.05) is 30.1 Å². The number of rotatable bonds is 6. The number of nitrogens with zero attached hydrogens (tertiary/aromatic N) is 2. The van der Waals surface area contributed by atoms with Gasteiger partial charge in [0, 0.05) is 35.9 Å². The fourth-order valence-corrected chi connectivity index (χ4v) is 3.53. The molecule has 0 spiro atoms. The highest BCUT2D eigenvalue weighted by Crippen LogP contribution is 2.19. The summed E-state index contributed by atoms with van der Waals surface area (Å²) in [5.74, 6) is 0.00757. The van der Waals surface area contributed by atoms with E-state index in [1.54, 1.807) is 11.3 Å². The van der Waals surface area contributed by atoms with E-state index in [0.717, 1.165) is 38.5 Å². The van der Waals surface area contributed by atoms with Gasteiger partial charge in [0.15, 0.2) is 0 Å². The lowest BCUT2D eigenvalue weighted by Gasteiger charge is -2.28. The van der Waals surface area contributed by atoms with Crippen LogP contribution in [0.1, 0.15) is 4.88 Å². The minimum atomic E-state index is 0.00757. The highest BCUT2D eigenvalue weighted by atomic mass is 32.1. The molecule has 2 heterocycles. The maximum Gasteiger partial charge on any atom is 0.238 e. The zero-order chi connectivity index (χ0) is 16.8. The second-order valence-corrected chi connectivity index (χ2v) is 6.98. The Balaban J connectivity index is 1.48. The van der Waals surface area contributed by atoms with Gasteiger partial charge in [-0.1, -0.05) is 6.07 Å². The summed E-state index contributed by atoms with van der Waals surface area (Å²) in [5, 5.41) is 5.02. The fourth-order valence-electron chi connectivity index (χ4n) is 2.75. The molecule has 0 bridgehead atoms. The van der Waals surface area contributed by atoms with E-state index in [0.29, 0.717) is 6.54 Å². The summed E-state index contributed by atoms with van der Waals surface area (Å²) in [4.78, 5) is 17.7. The van der Waals surface area contributed by atoms with Crippen LogP contribution in [0, 0.1) is 0 Å². The number of amides is 1. The third-order valence-electron chi connectivity index (χ3n) is 3.95. The molecule has 0 unspecified atom stereocenters. The minimum Gasteiger partial charge on any atom is -0.378 e. The van der Waals surface area contributed by atoms with Crippen LogP contribution in [0.15, 0.2) is 41.8 Å². The third kappa shape index (κ3) is 4.80. The summed E-state index contributed by atoms with van der Waals surface area (Å²) in [6.45, 7) is 4.55. The molecule has 6 heteroatoms. The Morgan fingerprint density at radius 2 is 2.00 bits per heavy atom. The fraction of sp³-hybridized carbons (Fsp3) is 0.389. The molecule has 1 aliphatic rings. The van der Waals surface area contributed by atoms with Crippen LogP contribution in [0.25, 0.3) is 0 Å². The summed E-state index contributed by atoms with van der Waals surface area (Å²) in [5.41, 5.74) is 2.01. The number of benzene rings is 1. The molecule has 5 nitrogen and oxygen atoms in total. The molecule has 1 N–H and O–H groups in total. The molecule has 0 saturated carbocycles. The van der Waals surface area contributed by atoms with Crippen molar-refractivity contribution in [2.45, 2.75) is 6.54 Å². The highest BCUT2D eigenvalue weighted by molar-refractivity contribution is 7.09. The van der Waals surface area contributed by atoms with Crippen molar-refractivity contribution in [2.24, 2.45) is 0 Å². The monoisotopic (exact) mass is 345 g/mol. The van der Waals surface area contributed by atoms with E-state index in [9.17, 15) is 4.79 Å². The molecule has 0 radical (unpaired) electrons. The van der Waals surface area contributed by atoms with E-state index < -0.39 is 0 Å². The van der Waals surface area contributed by atoms with Gasteiger partial charge in [-0.05, 0) is 42.8 Å². The van der Waals surface area contributed by atoms with Crippen LogP contribution in [0.2, 0.25) is 0 Å². The van der Waals surface area contributed by atoms with Crippen molar-refractivity contribution in [3.8, 4) is 0 Å². The van der Waals surface area contributed by atoms with Crippen LogP contribution in [0.4, 0.5) is 11.4 Å². The molecule has 128 valence electrons. The number of carbonyl (C=O) groups excluding carboxylic acids is 1. The van der Waals surface area contributed by atoms with E-state index in [-0.39, 0.29) is 5.91 Å². The Morgan fingerprint density at radius 1 is 1.25 bits per heavy atom. The van der Waals surface area contributed by atoms with Gasteiger partial charge in [-0.2, -0.15) is 0 Å². The molecule has 1 aromatic heterocycles. The number of morpholine rings is 1. The van der Waals surface area contributed by atoms with Gasteiger partial charge in [-0.15, -0.1) is 11.3 Å². The third-order valence-corrected chi connectivity index (χ3v) is 4.81. The Kier molecular flexibility index (Phi) is 5.85. The number of likely N-dealkylation sites (N-methyl/N-ethyl adjacent to an activating group) is 1. The van der Waals surface area contributed by atoms with Crippen molar-refractivity contribution in [1.29, 1.82) is 0 Å². The van der Waals surface area contributed by atoms with Crippen LogP contribution in [-0.2, 0) is 16.1 Å². The molecular formula is C18H23N3O2S. The molecule has 0 atom stereocenters. The predicted molar refractivity (Wildman–Crippen MR) is 98.8 cm³/mol. The first-order chi connectivity index (χ1) is 11.7. The largest absolute Gasteiger partial charge is 0.378 e. The SMILES string of the molecule is CN(CC(=O)Nc1ccc(N2CCOCC2)cc1)Cc1cccs1. The molecular weight excluding hydrogens is 322 g/mol. The standard InChI is InChI=1S/C18H23N3O2S/c1-20(13-17-3-2-12-24-17)14-18(22)19-15-4-6-16(7-5-15)21-8-10-23-11-9-21/h2-7,12H,8-11,13-14H2,1H3,(H,19,22). The van der Waals surface area contributed by atoms with Gasteiger partial charge in [0.1, 0.15) is 0 Å². The van der Waals surface area contributed by atoms with Gasteiger partial charge in [-0.25, -0.2) is 0 Å². The molecule has 1 amide bonds. The first kappa shape index (κ1) is 17.0. The lowest BCUT2D eigenvalue weighted by atomic mass is 10.2. The number of anilines is 2. The molecule has 24 heavy (non-hydrogen) atoms. The number of hydrogen-bond acceptors (Lipinski definition) is 5. The van der Waals surface area contributed by atoms with E-state index in [4.69, 9.17) is 4.74 Å². The Morgan fingerprint density at radius 3 is 2.67 bits per heavy atom. The lowest BCUT2D eigenvalue weighted by Crippen LogP contribution is -2.36. The quantitative estimate of drug-likeness (QED) is 0.874. The second kappa shape index (κ2) is 8.28. The van der Waals surface area contributed by atoms with E-state index in [1.165, 1.54) is 10.6 Å². The summed E-state index contributed by atoms with van der Waals surface area (Å²) in [6, 6.07) is 12.1. The van der Waals surface area contributed by atoms with Crippen molar-refractivity contribution in [2.75, 3.05) is 50.1 Å². The van der Waals surface area contributed by atoms with E-state index in [2.05, 4.69) is 33.8 Å². The molecule has 1 aliphatic heterocycles. The maximum atomic E-state index is 12.2. The molecule has 0 aliphatic carbocycles. The molecule has 1 aromatic carbocycles. The Labute approximate surface area is 146 Å². The van der Waals surface area contributed by atoms with Crippen LogP contribution < -0.4 is 10.2 Å². The van der Waals surface area contributed by atoms with Gasteiger partial charge >= 0.3 is 0 Å². The van der Waals surface area contributed by atoms with Gasteiger partial charge in [0.25, 0.3) is 0 Å². The smallest absolute Gasteiger partial charge is 0.238 e. The predicted octanol–water partition coefficient (Wildman–Crippen LogP) is 2.66. The van der Waals surface area contributed by atoms with E-state index >= 15 is 0 Å². The molecule has 3 rings (SSSR count). The summed E-state index contributed by atoms with van der Waals surface area (Å²) >= 11 is 1.71. The molecule has 1 saturated heterocycles. The van der Waals surface area contributed by atoms with Crippen molar-refractivity contribution in [3.63, 3.8) is 0 Å². The van der Waals surface area contributed by atoms with Crippen LogP contribution in [0.3, 0.4) is 0 Å². The number of thiophene rings is 1. The Bertz CT molecular complexity index is 637. The molecule has 2 aromatic rings. The summed E-state index contributed by atoms with van der Waals surface area (Å²) in [7, 11) is 1.96. The van der Waals surface area contributed by atoms with Crippen molar-refractivity contribution >= 4 is 28.6 Å². The van der Waals surface area contributed by atoms with Crippen molar-refractivity contribution < 1.29 is 9.53 Å². The van der Waals surface area contributed by atoms with Crippen molar-refractivity contribution in [3.05, 3.63) is 46.7 Å². The number of ether oxygens (including phenoxy) is 1. The van der Waals surface area contributed by atoms with Crippen LogP contribution in [0.5, 0.6) is 0 Å². The molecule has 1 fully saturated rings. The number of carbonyl (C=O) groups is 1. The van der Waals surface area contributed by atoms with Gasteiger partial charge in [0.05, 0.1) is 19.8 Å².